The van der Waals surface area contributed by atoms with Gasteiger partial charge >= 0.3 is 0 Å². The Labute approximate surface area is 127 Å². The molecule has 4 nitrogen and oxygen atoms in total. The minimum absolute atomic E-state index is 0.797. The summed E-state index contributed by atoms with van der Waals surface area (Å²) in [5, 5.41) is 3.38. The topological polar surface area (TPSA) is 41.1 Å². The predicted molar refractivity (Wildman–Crippen MR) is 90.0 cm³/mol. The molecule has 1 heterocycles. The van der Waals surface area contributed by atoms with Crippen molar-refractivity contribution < 1.29 is 0 Å². The Bertz CT molecular complexity index is 603. The molecule has 112 valence electrons. The predicted octanol–water partition coefficient (Wildman–Crippen LogP) is 3.65. The number of nitrogens with zero attached hydrogens (tertiary/aromatic N) is 3. The van der Waals surface area contributed by atoms with Crippen molar-refractivity contribution in [3.05, 3.63) is 35.7 Å². The van der Waals surface area contributed by atoms with Gasteiger partial charge < -0.3 is 10.2 Å². The zero-order valence-electron chi connectivity index (χ0n) is 13.6. The van der Waals surface area contributed by atoms with Gasteiger partial charge in [0.15, 0.2) is 0 Å². The number of anilines is 2. The Hall–Kier alpha value is -2.10. The molecule has 0 bridgehead atoms. The van der Waals surface area contributed by atoms with Crippen molar-refractivity contribution in [2.24, 2.45) is 0 Å². The summed E-state index contributed by atoms with van der Waals surface area (Å²) in [6.07, 6.45) is 1.08. The molecule has 0 amide bonds. The fraction of sp³-hybridized carbons (Fsp3) is 0.412. The molecule has 2 rings (SSSR count). The van der Waals surface area contributed by atoms with E-state index in [0.29, 0.717) is 0 Å². The van der Waals surface area contributed by atoms with E-state index in [9.17, 15) is 0 Å². The first-order valence-corrected chi connectivity index (χ1v) is 7.39. The highest BCUT2D eigenvalue weighted by molar-refractivity contribution is 5.70. The third-order valence-electron chi connectivity index (χ3n) is 3.46. The number of aryl methyl sites for hydroxylation is 1. The van der Waals surface area contributed by atoms with Gasteiger partial charge in [-0.15, -0.1) is 0 Å². The van der Waals surface area contributed by atoms with Gasteiger partial charge in [0.2, 0.25) is 0 Å². The van der Waals surface area contributed by atoms with Crippen LogP contribution in [0.1, 0.15) is 24.7 Å². The largest absolute Gasteiger partial charge is 0.378 e. The first-order valence-electron chi connectivity index (χ1n) is 7.39. The molecule has 1 aromatic carbocycles. The quantitative estimate of drug-likeness (QED) is 0.910. The highest BCUT2D eigenvalue weighted by Crippen LogP contribution is 2.27. The molecular formula is C17H24N4. The van der Waals surface area contributed by atoms with Crippen LogP contribution in [0.2, 0.25) is 0 Å². The third kappa shape index (κ3) is 3.51. The molecule has 0 atom stereocenters. The summed E-state index contributed by atoms with van der Waals surface area (Å²) < 4.78 is 0. The molecule has 0 aliphatic carbocycles. The zero-order chi connectivity index (χ0) is 15.4. The van der Waals surface area contributed by atoms with Crippen LogP contribution in [0.5, 0.6) is 0 Å². The number of aromatic nitrogens is 2. The van der Waals surface area contributed by atoms with E-state index >= 15 is 0 Å². The molecule has 0 saturated heterocycles. The number of benzene rings is 1. The van der Waals surface area contributed by atoms with Crippen LogP contribution in [0.15, 0.2) is 24.3 Å². The van der Waals surface area contributed by atoms with Gasteiger partial charge in [0.05, 0.1) is 5.69 Å². The average Bonchev–Trinajstić information content (AvgIpc) is 2.48. The van der Waals surface area contributed by atoms with Crippen molar-refractivity contribution in [2.75, 3.05) is 30.9 Å². The summed E-state index contributed by atoms with van der Waals surface area (Å²) in [7, 11) is 4.09. The maximum atomic E-state index is 4.62. The molecule has 0 unspecified atom stereocenters. The molecule has 1 N–H and O–H groups in total. The standard InChI is InChI=1S/C17H24N4/c1-6-11-18-17-12(2)16(19-13(3)20-17)14-7-9-15(10-8-14)21(4)5/h7-10H,6,11H2,1-5H3,(H,18,19,20). The second-order valence-corrected chi connectivity index (χ2v) is 5.46. The lowest BCUT2D eigenvalue weighted by Gasteiger charge is -2.15. The van der Waals surface area contributed by atoms with Crippen LogP contribution < -0.4 is 10.2 Å². The summed E-state index contributed by atoms with van der Waals surface area (Å²) in [5.41, 5.74) is 4.42. The van der Waals surface area contributed by atoms with Gasteiger partial charge in [0.1, 0.15) is 11.6 Å². The van der Waals surface area contributed by atoms with E-state index in [4.69, 9.17) is 0 Å². The molecule has 21 heavy (non-hydrogen) atoms. The van der Waals surface area contributed by atoms with Crippen molar-refractivity contribution in [2.45, 2.75) is 27.2 Å². The van der Waals surface area contributed by atoms with Gasteiger partial charge in [0.25, 0.3) is 0 Å². The minimum atomic E-state index is 0.797. The van der Waals surface area contributed by atoms with Crippen LogP contribution in [-0.2, 0) is 0 Å². The molecule has 0 aliphatic heterocycles. The summed E-state index contributed by atoms with van der Waals surface area (Å²) in [4.78, 5) is 11.2. The van der Waals surface area contributed by atoms with Gasteiger partial charge in [0, 0.05) is 37.5 Å². The minimum Gasteiger partial charge on any atom is -0.378 e. The van der Waals surface area contributed by atoms with E-state index in [1.165, 1.54) is 5.69 Å². The molecular weight excluding hydrogens is 260 g/mol. The van der Waals surface area contributed by atoms with E-state index < -0.39 is 0 Å². The molecule has 0 aliphatic rings. The van der Waals surface area contributed by atoms with Crippen molar-refractivity contribution >= 4 is 11.5 Å². The third-order valence-corrected chi connectivity index (χ3v) is 3.46. The normalized spacial score (nSPS) is 10.5. The van der Waals surface area contributed by atoms with E-state index in [2.05, 4.69) is 58.3 Å². The molecule has 1 aromatic heterocycles. The molecule has 0 spiro atoms. The van der Waals surface area contributed by atoms with Crippen LogP contribution in [0.25, 0.3) is 11.3 Å². The van der Waals surface area contributed by atoms with Crippen molar-refractivity contribution in [3.63, 3.8) is 0 Å². The van der Waals surface area contributed by atoms with Crippen LogP contribution >= 0.6 is 0 Å². The van der Waals surface area contributed by atoms with E-state index in [1.807, 2.05) is 21.0 Å². The second-order valence-electron chi connectivity index (χ2n) is 5.46. The fourth-order valence-corrected chi connectivity index (χ4v) is 2.24. The first kappa shape index (κ1) is 15.3. The number of rotatable bonds is 5. The zero-order valence-corrected chi connectivity index (χ0v) is 13.6. The van der Waals surface area contributed by atoms with Crippen molar-refractivity contribution in [3.8, 4) is 11.3 Å². The van der Waals surface area contributed by atoms with Crippen LogP contribution in [0, 0.1) is 13.8 Å². The number of hydrogen-bond donors (Lipinski definition) is 1. The average molecular weight is 284 g/mol. The second kappa shape index (κ2) is 6.57. The lowest BCUT2D eigenvalue weighted by Crippen LogP contribution is -2.09. The van der Waals surface area contributed by atoms with Crippen LogP contribution in [0.4, 0.5) is 11.5 Å². The SMILES string of the molecule is CCCNc1nc(C)nc(-c2ccc(N(C)C)cc2)c1C. The number of nitrogens with one attached hydrogen (secondary N) is 1. The van der Waals surface area contributed by atoms with Gasteiger partial charge in [-0.3, -0.25) is 0 Å². The Morgan fingerprint density at radius 1 is 1.05 bits per heavy atom. The summed E-state index contributed by atoms with van der Waals surface area (Å²) >= 11 is 0. The summed E-state index contributed by atoms with van der Waals surface area (Å²) in [6, 6.07) is 8.47. The maximum Gasteiger partial charge on any atom is 0.133 e. The van der Waals surface area contributed by atoms with Crippen LogP contribution in [0.3, 0.4) is 0 Å². The Kier molecular flexibility index (Phi) is 4.78. The number of hydrogen-bond acceptors (Lipinski definition) is 4. The molecule has 0 fully saturated rings. The summed E-state index contributed by atoms with van der Waals surface area (Å²) in [5.74, 6) is 1.74. The molecule has 0 saturated carbocycles. The van der Waals surface area contributed by atoms with Gasteiger partial charge in [-0.1, -0.05) is 19.1 Å². The smallest absolute Gasteiger partial charge is 0.133 e. The van der Waals surface area contributed by atoms with E-state index in [1.54, 1.807) is 0 Å². The Balaban J connectivity index is 2.40. The highest BCUT2D eigenvalue weighted by atomic mass is 15.1. The van der Waals surface area contributed by atoms with Gasteiger partial charge in [-0.2, -0.15) is 0 Å². The Morgan fingerprint density at radius 3 is 2.29 bits per heavy atom. The lowest BCUT2D eigenvalue weighted by molar-refractivity contribution is 0.948. The fourth-order valence-electron chi connectivity index (χ4n) is 2.24. The van der Waals surface area contributed by atoms with Gasteiger partial charge in [-0.25, -0.2) is 9.97 Å². The molecule has 0 radical (unpaired) electrons. The summed E-state index contributed by atoms with van der Waals surface area (Å²) in [6.45, 7) is 7.09. The van der Waals surface area contributed by atoms with E-state index in [0.717, 1.165) is 41.4 Å². The first-order chi connectivity index (χ1) is 10.0. The van der Waals surface area contributed by atoms with Crippen LogP contribution in [-0.4, -0.2) is 30.6 Å². The van der Waals surface area contributed by atoms with Gasteiger partial charge in [-0.05, 0) is 32.4 Å². The van der Waals surface area contributed by atoms with Crippen molar-refractivity contribution in [1.82, 2.24) is 9.97 Å². The Morgan fingerprint density at radius 2 is 1.71 bits per heavy atom. The maximum absolute atomic E-state index is 4.62. The monoisotopic (exact) mass is 284 g/mol. The molecule has 4 heteroatoms. The lowest BCUT2D eigenvalue weighted by atomic mass is 10.1. The molecule has 2 aromatic rings. The van der Waals surface area contributed by atoms with E-state index in [-0.39, 0.29) is 0 Å². The highest BCUT2D eigenvalue weighted by Gasteiger charge is 2.11. The van der Waals surface area contributed by atoms with Crippen molar-refractivity contribution in [1.29, 1.82) is 0 Å².